The lowest BCUT2D eigenvalue weighted by Gasteiger charge is -2.26. The molecule has 0 radical (unpaired) electrons. The third-order valence-electron chi connectivity index (χ3n) is 5.34. The highest BCUT2D eigenvalue weighted by molar-refractivity contribution is 7.99. The third-order valence-corrected chi connectivity index (χ3v) is 6.28. The Morgan fingerprint density at radius 1 is 1.00 bits per heavy atom. The number of rotatable bonds is 8. The molecule has 2 aliphatic heterocycles. The number of aliphatic hydroxyl groups excluding tert-OH is 1. The average Bonchev–Trinajstić information content (AvgIpc) is 2.96. The first-order chi connectivity index (χ1) is 13.2. The summed E-state index contributed by atoms with van der Waals surface area (Å²) in [6.07, 6.45) is 4.61. The van der Waals surface area contributed by atoms with E-state index in [9.17, 15) is 5.11 Å². The number of likely N-dealkylation sites (tertiary alicyclic amines) is 1. The van der Waals surface area contributed by atoms with Gasteiger partial charge in [-0.3, -0.25) is 4.90 Å². The van der Waals surface area contributed by atoms with Crippen LogP contribution in [0.4, 0.5) is 0 Å². The SMILES string of the molecule is COc1cc(CN2CCSCC2)ccc1OCC(O)CN1CCCCCC1. The summed E-state index contributed by atoms with van der Waals surface area (Å²) in [5, 5.41) is 10.4. The van der Waals surface area contributed by atoms with Crippen molar-refractivity contribution in [2.75, 3.05) is 57.9 Å². The van der Waals surface area contributed by atoms with Crippen molar-refractivity contribution in [3.05, 3.63) is 23.8 Å². The van der Waals surface area contributed by atoms with Crippen LogP contribution < -0.4 is 9.47 Å². The number of hydrogen-bond acceptors (Lipinski definition) is 6. The summed E-state index contributed by atoms with van der Waals surface area (Å²) in [6.45, 7) is 6.41. The van der Waals surface area contributed by atoms with Crippen molar-refractivity contribution in [3.8, 4) is 11.5 Å². The predicted molar refractivity (Wildman–Crippen MR) is 112 cm³/mol. The summed E-state index contributed by atoms with van der Waals surface area (Å²) >= 11 is 2.03. The van der Waals surface area contributed by atoms with Gasteiger partial charge in [-0.2, -0.15) is 11.8 Å². The molecule has 27 heavy (non-hydrogen) atoms. The summed E-state index contributed by atoms with van der Waals surface area (Å²) < 4.78 is 11.4. The Hall–Kier alpha value is -0.950. The van der Waals surface area contributed by atoms with Crippen LogP contribution in [0.5, 0.6) is 11.5 Å². The zero-order valence-corrected chi connectivity index (χ0v) is 17.4. The first-order valence-electron chi connectivity index (χ1n) is 10.2. The monoisotopic (exact) mass is 394 g/mol. The fraction of sp³-hybridized carbons (Fsp3) is 0.714. The number of ether oxygens (including phenoxy) is 2. The number of aliphatic hydroxyl groups is 1. The maximum atomic E-state index is 10.4. The third kappa shape index (κ3) is 6.86. The molecule has 2 fully saturated rings. The van der Waals surface area contributed by atoms with Crippen LogP contribution in [-0.2, 0) is 6.54 Å². The predicted octanol–water partition coefficient (Wildman–Crippen LogP) is 2.86. The van der Waals surface area contributed by atoms with Gasteiger partial charge in [0.1, 0.15) is 12.7 Å². The van der Waals surface area contributed by atoms with E-state index in [-0.39, 0.29) is 0 Å². The van der Waals surface area contributed by atoms with Crippen molar-refractivity contribution < 1.29 is 14.6 Å². The molecule has 1 unspecified atom stereocenters. The van der Waals surface area contributed by atoms with Gasteiger partial charge in [-0.15, -0.1) is 0 Å². The number of nitrogens with zero attached hydrogens (tertiary/aromatic N) is 2. The van der Waals surface area contributed by atoms with Crippen LogP contribution in [0.15, 0.2) is 18.2 Å². The highest BCUT2D eigenvalue weighted by Gasteiger charge is 2.16. The molecule has 2 aliphatic rings. The Labute approximate surface area is 168 Å². The zero-order valence-electron chi connectivity index (χ0n) is 16.6. The van der Waals surface area contributed by atoms with Crippen LogP contribution in [0.2, 0.25) is 0 Å². The minimum Gasteiger partial charge on any atom is -0.493 e. The standard InChI is InChI=1S/C21H34N2O3S/c1-25-21-14-18(15-23-10-12-27-13-11-23)6-7-20(21)26-17-19(24)16-22-8-4-2-3-5-9-22/h6-7,14,19,24H,2-5,8-13,15-17H2,1H3. The molecule has 1 N–H and O–H groups in total. The minimum absolute atomic E-state index is 0.301. The summed E-state index contributed by atoms with van der Waals surface area (Å²) in [5.41, 5.74) is 1.25. The molecule has 0 aliphatic carbocycles. The molecule has 0 amide bonds. The smallest absolute Gasteiger partial charge is 0.161 e. The normalized spacial score (nSPS) is 20.8. The lowest BCUT2D eigenvalue weighted by molar-refractivity contribution is 0.0683. The van der Waals surface area contributed by atoms with E-state index in [2.05, 4.69) is 21.9 Å². The van der Waals surface area contributed by atoms with Crippen LogP contribution >= 0.6 is 11.8 Å². The van der Waals surface area contributed by atoms with E-state index in [4.69, 9.17) is 9.47 Å². The molecule has 5 nitrogen and oxygen atoms in total. The van der Waals surface area contributed by atoms with Crippen molar-refractivity contribution in [2.24, 2.45) is 0 Å². The minimum atomic E-state index is -0.474. The second-order valence-corrected chi connectivity index (χ2v) is 8.78. The molecule has 1 aromatic carbocycles. The van der Waals surface area contributed by atoms with Gasteiger partial charge in [-0.05, 0) is 43.6 Å². The largest absolute Gasteiger partial charge is 0.493 e. The number of hydrogen-bond donors (Lipinski definition) is 1. The second-order valence-electron chi connectivity index (χ2n) is 7.55. The fourth-order valence-electron chi connectivity index (χ4n) is 3.80. The Morgan fingerprint density at radius 3 is 2.44 bits per heavy atom. The maximum absolute atomic E-state index is 10.4. The van der Waals surface area contributed by atoms with E-state index in [1.54, 1.807) is 7.11 Å². The molecule has 2 heterocycles. The van der Waals surface area contributed by atoms with Gasteiger partial charge in [-0.25, -0.2) is 0 Å². The van der Waals surface area contributed by atoms with Crippen LogP contribution in [0.1, 0.15) is 31.2 Å². The van der Waals surface area contributed by atoms with Crippen molar-refractivity contribution in [2.45, 2.75) is 38.3 Å². The van der Waals surface area contributed by atoms with Gasteiger partial charge in [0.05, 0.1) is 7.11 Å². The van der Waals surface area contributed by atoms with Crippen LogP contribution in [0.3, 0.4) is 0 Å². The average molecular weight is 395 g/mol. The summed E-state index contributed by atoms with van der Waals surface area (Å²) in [4.78, 5) is 4.84. The number of benzene rings is 1. The Bertz CT molecular complexity index is 558. The van der Waals surface area contributed by atoms with E-state index >= 15 is 0 Å². The molecular weight excluding hydrogens is 360 g/mol. The summed E-state index contributed by atoms with van der Waals surface area (Å²) in [5.74, 6) is 3.90. The first-order valence-corrected chi connectivity index (χ1v) is 11.4. The van der Waals surface area contributed by atoms with Crippen molar-refractivity contribution >= 4 is 11.8 Å². The van der Waals surface area contributed by atoms with Crippen LogP contribution in [0, 0.1) is 0 Å². The molecule has 1 aromatic rings. The van der Waals surface area contributed by atoms with Gasteiger partial charge in [0.15, 0.2) is 11.5 Å². The van der Waals surface area contributed by atoms with E-state index in [0.717, 1.165) is 38.5 Å². The topological polar surface area (TPSA) is 45.2 Å². The molecule has 2 saturated heterocycles. The molecule has 0 spiro atoms. The quantitative estimate of drug-likeness (QED) is 0.732. The lowest BCUT2D eigenvalue weighted by atomic mass is 10.2. The van der Waals surface area contributed by atoms with E-state index in [1.807, 2.05) is 17.8 Å². The van der Waals surface area contributed by atoms with E-state index in [1.165, 1.54) is 42.8 Å². The molecule has 0 aromatic heterocycles. The molecule has 6 heteroatoms. The van der Waals surface area contributed by atoms with Crippen LogP contribution in [0.25, 0.3) is 0 Å². The fourth-order valence-corrected chi connectivity index (χ4v) is 4.78. The van der Waals surface area contributed by atoms with Crippen molar-refractivity contribution in [3.63, 3.8) is 0 Å². The maximum Gasteiger partial charge on any atom is 0.161 e. The Morgan fingerprint density at radius 2 is 1.74 bits per heavy atom. The van der Waals surface area contributed by atoms with Gasteiger partial charge in [0.2, 0.25) is 0 Å². The van der Waals surface area contributed by atoms with Gasteiger partial charge < -0.3 is 19.5 Å². The molecular formula is C21H34N2O3S. The van der Waals surface area contributed by atoms with Gasteiger partial charge >= 0.3 is 0 Å². The Kier molecular flexibility index (Phi) is 8.58. The number of β-amino-alcohol motifs (C(OH)–C–C–N with tert-alkyl or cyclic N) is 1. The molecule has 152 valence electrons. The van der Waals surface area contributed by atoms with Gasteiger partial charge in [0, 0.05) is 37.7 Å². The lowest BCUT2D eigenvalue weighted by Crippen LogP contribution is -2.36. The summed E-state index contributed by atoms with van der Waals surface area (Å²) in [7, 11) is 1.68. The molecule has 0 saturated carbocycles. The zero-order chi connectivity index (χ0) is 18.9. The number of thioether (sulfide) groups is 1. The number of methoxy groups -OCH3 is 1. The molecule has 3 rings (SSSR count). The van der Waals surface area contributed by atoms with Gasteiger partial charge in [-0.1, -0.05) is 18.9 Å². The first kappa shape index (κ1) is 20.8. The van der Waals surface area contributed by atoms with E-state index in [0.29, 0.717) is 18.9 Å². The summed E-state index contributed by atoms with van der Waals surface area (Å²) in [6, 6.07) is 6.16. The second kappa shape index (κ2) is 11.1. The Balaban J connectivity index is 1.49. The van der Waals surface area contributed by atoms with Crippen LogP contribution in [-0.4, -0.2) is 79.0 Å². The van der Waals surface area contributed by atoms with E-state index < -0.39 is 6.10 Å². The van der Waals surface area contributed by atoms with Crippen molar-refractivity contribution in [1.29, 1.82) is 0 Å². The molecule has 1 atom stereocenters. The van der Waals surface area contributed by atoms with Gasteiger partial charge in [0.25, 0.3) is 0 Å². The van der Waals surface area contributed by atoms with Crippen molar-refractivity contribution in [1.82, 2.24) is 9.80 Å². The molecule has 0 bridgehead atoms. The highest BCUT2D eigenvalue weighted by atomic mass is 32.2. The highest BCUT2D eigenvalue weighted by Crippen LogP contribution is 2.29.